The van der Waals surface area contributed by atoms with Crippen LogP contribution in [0.2, 0.25) is 10.2 Å². The molecule has 1 heterocycles. The number of pyridine rings is 1. The molecule has 0 aliphatic carbocycles. The molecule has 1 rings (SSSR count). The number of nitrogens with one attached hydrogen (secondary N) is 1. The predicted octanol–water partition coefficient (Wildman–Crippen LogP) is 1.30. The number of hydrogen-bond donors (Lipinski definition) is 1. The lowest BCUT2D eigenvalue weighted by Gasteiger charge is -2.02. The minimum absolute atomic E-state index is 0.00981. The molecule has 72 valence electrons. The third-order valence-corrected chi connectivity index (χ3v) is 3.42. The van der Waals surface area contributed by atoms with E-state index in [1.807, 2.05) is 0 Å². The largest absolute Gasteiger partial charge is 0.242 e. The fraction of sp³-hybridized carbons (Fsp3) is 0.167. The fourth-order valence-corrected chi connectivity index (χ4v) is 1.70. The van der Waals surface area contributed by atoms with Crippen LogP contribution in [0.1, 0.15) is 0 Å². The van der Waals surface area contributed by atoms with E-state index in [-0.39, 0.29) is 15.1 Å². The van der Waals surface area contributed by atoms with E-state index < -0.39 is 10.0 Å². The van der Waals surface area contributed by atoms with E-state index in [9.17, 15) is 8.42 Å². The van der Waals surface area contributed by atoms with Gasteiger partial charge in [-0.1, -0.05) is 23.2 Å². The van der Waals surface area contributed by atoms with Gasteiger partial charge in [0, 0.05) is 6.20 Å². The Kier molecular flexibility index (Phi) is 3.13. The Hall–Kier alpha value is -0.360. The fourth-order valence-electron chi connectivity index (χ4n) is 0.668. The van der Waals surface area contributed by atoms with Gasteiger partial charge in [0.05, 0.1) is 5.02 Å². The van der Waals surface area contributed by atoms with Crippen molar-refractivity contribution in [1.82, 2.24) is 9.71 Å². The minimum Gasteiger partial charge on any atom is -0.242 e. The lowest BCUT2D eigenvalue weighted by Crippen LogP contribution is -2.18. The molecule has 0 spiro atoms. The highest BCUT2D eigenvalue weighted by Gasteiger charge is 2.13. The molecular weight excluding hydrogens is 235 g/mol. The molecule has 0 aromatic carbocycles. The molecule has 0 saturated carbocycles. The van der Waals surface area contributed by atoms with E-state index in [1.54, 1.807) is 0 Å². The van der Waals surface area contributed by atoms with Crippen LogP contribution in [0, 0.1) is 0 Å². The summed E-state index contributed by atoms with van der Waals surface area (Å²) >= 11 is 11.1. The SMILES string of the molecule is CNS(=O)(=O)c1cnc(Cl)c(Cl)c1. The Bertz CT molecular complexity index is 419. The lowest BCUT2D eigenvalue weighted by molar-refractivity contribution is 0.588. The quantitative estimate of drug-likeness (QED) is 0.794. The van der Waals surface area contributed by atoms with Crippen LogP contribution in [0.15, 0.2) is 17.2 Å². The van der Waals surface area contributed by atoms with E-state index >= 15 is 0 Å². The summed E-state index contributed by atoms with van der Waals surface area (Å²) in [5, 5.41) is 0.190. The zero-order valence-electron chi connectivity index (χ0n) is 6.58. The van der Waals surface area contributed by atoms with Crippen molar-refractivity contribution in [2.75, 3.05) is 7.05 Å². The van der Waals surface area contributed by atoms with Crippen LogP contribution < -0.4 is 4.72 Å². The summed E-state index contributed by atoms with van der Waals surface area (Å²) in [7, 11) is -2.19. The summed E-state index contributed by atoms with van der Waals surface area (Å²) < 4.78 is 24.6. The van der Waals surface area contributed by atoms with Gasteiger partial charge in [0.15, 0.2) is 0 Å². The van der Waals surface area contributed by atoms with Gasteiger partial charge >= 0.3 is 0 Å². The molecule has 0 fully saturated rings. The molecule has 1 aromatic rings. The second-order valence-corrected chi connectivity index (χ2v) is 4.80. The topological polar surface area (TPSA) is 59.1 Å². The van der Waals surface area contributed by atoms with Crippen LogP contribution in [0.5, 0.6) is 0 Å². The Morgan fingerprint density at radius 1 is 1.46 bits per heavy atom. The van der Waals surface area contributed by atoms with Gasteiger partial charge in [0.25, 0.3) is 0 Å². The smallest absolute Gasteiger partial charge is 0.241 e. The first-order valence-electron chi connectivity index (χ1n) is 3.22. The molecule has 7 heteroatoms. The van der Waals surface area contributed by atoms with Crippen LogP contribution in [0.25, 0.3) is 0 Å². The molecule has 0 atom stereocenters. The number of aromatic nitrogens is 1. The van der Waals surface area contributed by atoms with Crippen molar-refractivity contribution in [3.8, 4) is 0 Å². The molecule has 0 aliphatic heterocycles. The third-order valence-electron chi connectivity index (χ3n) is 1.35. The molecule has 13 heavy (non-hydrogen) atoms. The number of nitrogens with zero attached hydrogens (tertiary/aromatic N) is 1. The standard InChI is InChI=1S/C6H6Cl2N2O2S/c1-9-13(11,12)4-2-5(7)6(8)10-3-4/h2-3,9H,1H3. The van der Waals surface area contributed by atoms with Crippen LogP contribution in [0.3, 0.4) is 0 Å². The van der Waals surface area contributed by atoms with Crippen molar-refractivity contribution in [3.05, 3.63) is 22.4 Å². The first-order valence-corrected chi connectivity index (χ1v) is 5.46. The molecule has 0 radical (unpaired) electrons. The van der Waals surface area contributed by atoms with Crippen LogP contribution in [-0.2, 0) is 10.0 Å². The second-order valence-electron chi connectivity index (χ2n) is 2.15. The maximum atomic E-state index is 11.2. The first-order chi connectivity index (χ1) is 5.97. The predicted molar refractivity (Wildman–Crippen MR) is 50.5 cm³/mol. The molecule has 0 aliphatic rings. The summed E-state index contributed by atoms with van der Waals surface area (Å²) in [6.07, 6.45) is 1.14. The molecular formula is C6H6Cl2N2O2S. The summed E-state index contributed by atoms with van der Waals surface area (Å²) in [5.41, 5.74) is 0. The maximum Gasteiger partial charge on any atom is 0.241 e. The number of sulfonamides is 1. The Morgan fingerprint density at radius 3 is 2.54 bits per heavy atom. The van der Waals surface area contributed by atoms with Gasteiger partial charge in [-0.15, -0.1) is 0 Å². The van der Waals surface area contributed by atoms with Crippen LogP contribution in [0.4, 0.5) is 0 Å². The van der Waals surface area contributed by atoms with E-state index in [0.29, 0.717) is 0 Å². The molecule has 0 bridgehead atoms. The number of halogens is 2. The molecule has 0 amide bonds. The van der Waals surface area contributed by atoms with E-state index in [1.165, 1.54) is 13.1 Å². The normalized spacial score (nSPS) is 11.6. The number of rotatable bonds is 2. The van der Waals surface area contributed by atoms with Crippen molar-refractivity contribution >= 4 is 33.2 Å². The van der Waals surface area contributed by atoms with Gasteiger partial charge in [-0.2, -0.15) is 0 Å². The van der Waals surface area contributed by atoms with Crippen LogP contribution in [-0.4, -0.2) is 20.4 Å². The van der Waals surface area contributed by atoms with Crippen molar-refractivity contribution in [2.45, 2.75) is 4.90 Å². The Balaban J connectivity index is 3.27. The molecule has 4 nitrogen and oxygen atoms in total. The maximum absolute atomic E-state index is 11.2. The van der Waals surface area contributed by atoms with Crippen molar-refractivity contribution in [1.29, 1.82) is 0 Å². The average Bonchev–Trinajstić information content (AvgIpc) is 2.09. The zero-order valence-corrected chi connectivity index (χ0v) is 8.91. The van der Waals surface area contributed by atoms with E-state index in [0.717, 1.165) is 6.20 Å². The van der Waals surface area contributed by atoms with Gasteiger partial charge in [0.1, 0.15) is 10.0 Å². The molecule has 1 N–H and O–H groups in total. The number of hydrogen-bond acceptors (Lipinski definition) is 3. The minimum atomic E-state index is -3.49. The van der Waals surface area contributed by atoms with Crippen molar-refractivity contribution in [2.24, 2.45) is 0 Å². The Morgan fingerprint density at radius 2 is 2.08 bits per heavy atom. The second kappa shape index (κ2) is 3.79. The summed E-state index contributed by atoms with van der Waals surface area (Å²) in [6, 6.07) is 1.24. The highest BCUT2D eigenvalue weighted by atomic mass is 35.5. The lowest BCUT2D eigenvalue weighted by atomic mass is 10.5. The van der Waals surface area contributed by atoms with Gasteiger partial charge < -0.3 is 0 Å². The molecule has 0 saturated heterocycles. The summed E-state index contributed by atoms with van der Waals surface area (Å²) in [4.78, 5) is 3.60. The zero-order chi connectivity index (χ0) is 10.1. The van der Waals surface area contributed by atoms with Crippen molar-refractivity contribution in [3.63, 3.8) is 0 Å². The first kappa shape index (κ1) is 10.7. The van der Waals surface area contributed by atoms with E-state index in [4.69, 9.17) is 23.2 Å². The summed E-state index contributed by atoms with van der Waals surface area (Å²) in [6.45, 7) is 0. The van der Waals surface area contributed by atoms with Gasteiger partial charge in [-0.05, 0) is 13.1 Å². The highest BCUT2D eigenvalue weighted by Crippen LogP contribution is 2.21. The van der Waals surface area contributed by atoms with E-state index in [2.05, 4.69) is 9.71 Å². The van der Waals surface area contributed by atoms with Crippen molar-refractivity contribution < 1.29 is 8.42 Å². The van der Waals surface area contributed by atoms with Gasteiger partial charge in [-0.25, -0.2) is 18.1 Å². The monoisotopic (exact) mass is 240 g/mol. The van der Waals surface area contributed by atoms with Gasteiger partial charge in [0.2, 0.25) is 10.0 Å². The molecule has 1 aromatic heterocycles. The highest BCUT2D eigenvalue weighted by molar-refractivity contribution is 7.89. The molecule has 0 unspecified atom stereocenters. The average molecular weight is 241 g/mol. The van der Waals surface area contributed by atoms with Gasteiger partial charge in [-0.3, -0.25) is 0 Å². The third kappa shape index (κ3) is 2.31. The van der Waals surface area contributed by atoms with Crippen LogP contribution >= 0.6 is 23.2 Å². The summed E-state index contributed by atoms with van der Waals surface area (Å²) in [5.74, 6) is 0. The Labute approximate surface area is 85.9 Å².